The molecule has 4 aromatic carbocycles. The molecule has 0 bridgehead atoms. The molecule has 0 radical (unpaired) electrons. The van der Waals surface area contributed by atoms with Crippen LogP contribution >= 0.6 is 0 Å². The van der Waals surface area contributed by atoms with Crippen LogP contribution in [0.3, 0.4) is 0 Å². The highest BCUT2D eigenvalue weighted by molar-refractivity contribution is 7.92. The Balaban J connectivity index is 1.48. The van der Waals surface area contributed by atoms with E-state index in [9.17, 15) is 16.8 Å². The molecular weight excluding hydrogens is 516 g/mol. The van der Waals surface area contributed by atoms with E-state index in [0.29, 0.717) is 23.8 Å². The van der Waals surface area contributed by atoms with Crippen LogP contribution in [0.15, 0.2) is 112 Å². The quantitative estimate of drug-likeness (QED) is 0.214. The maximum Gasteiger partial charge on any atom is 0.206 e. The van der Waals surface area contributed by atoms with Crippen LogP contribution in [0.4, 0.5) is 0 Å². The number of benzene rings is 4. The van der Waals surface area contributed by atoms with E-state index in [0.717, 1.165) is 11.1 Å². The standard InChI is InChI=1S/C31H32O5S2/c1-5-23(4)37(32,33)29-16-8-25(9-17-29)26-10-18-30(19-11-26)38(34,35)31-20-14-28(15-21-31)36-27-12-6-24(7-13-27)22(2)3/h6-23H,5H2,1-4H3. The van der Waals surface area contributed by atoms with E-state index in [2.05, 4.69) is 13.8 Å². The molecule has 0 aliphatic carbocycles. The predicted molar refractivity (Wildman–Crippen MR) is 151 cm³/mol. The number of hydrogen-bond acceptors (Lipinski definition) is 5. The summed E-state index contributed by atoms with van der Waals surface area (Å²) in [5.41, 5.74) is 2.82. The first-order chi connectivity index (χ1) is 18.0. The highest BCUT2D eigenvalue weighted by Gasteiger charge is 2.22. The fourth-order valence-corrected chi connectivity index (χ4v) is 6.67. The topological polar surface area (TPSA) is 77.5 Å². The van der Waals surface area contributed by atoms with Crippen molar-refractivity contribution in [1.82, 2.24) is 0 Å². The maximum atomic E-state index is 13.2. The van der Waals surface area contributed by atoms with Gasteiger partial charge in [0.2, 0.25) is 9.84 Å². The molecule has 198 valence electrons. The van der Waals surface area contributed by atoms with Gasteiger partial charge in [0.05, 0.1) is 19.9 Å². The van der Waals surface area contributed by atoms with Gasteiger partial charge in [0.15, 0.2) is 9.84 Å². The molecule has 1 unspecified atom stereocenters. The number of ether oxygens (including phenoxy) is 1. The Labute approximate surface area is 226 Å². The van der Waals surface area contributed by atoms with Crippen molar-refractivity contribution in [3.63, 3.8) is 0 Å². The van der Waals surface area contributed by atoms with Gasteiger partial charge in [-0.05, 0) is 96.6 Å². The van der Waals surface area contributed by atoms with Crippen molar-refractivity contribution in [2.45, 2.75) is 60.0 Å². The SMILES string of the molecule is CCC(C)S(=O)(=O)c1ccc(-c2ccc(S(=O)(=O)c3ccc(Oc4ccc(C(C)C)cc4)cc3)cc2)cc1. The summed E-state index contributed by atoms with van der Waals surface area (Å²) in [6.45, 7) is 7.81. The van der Waals surface area contributed by atoms with Crippen LogP contribution in [-0.2, 0) is 19.7 Å². The Kier molecular flexibility index (Phi) is 8.09. The van der Waals surface area contributed by atoms with Crippen molar-refractivity contribution in [3.05, 3.63) is 103 Å². The fraction of sp³-hybridized carbons (Fsp3) is 0.226. The third kappa shape index (κ3) is 5.84. The molecule has 7 heteroatoms. The first kappa shape index (κ1) is 27.6. The van der Waals surface area contributed by atoms with Crippen LogP contribution < -0.4 is 4.74 Å². The van der Waals surface area contributed by atoms with Gasteiger partial charge in [-0.1, -0.05) is 57.2 Å². The van der Waals surface area contributed by atoms with Crippen molar-refractivity contribution in [2.75, 3.05) is 0 Å². The van der Waals surface area contributed by atoms with E-state index in [1.807, 2.05) is 31.2 Å². The zero-order valence-electron chi connectivity index (χ0n) is 22.0. The third-order valence-electron chi connectivity index (χ3n) is 6.70. The lowest BCUT2D eigenvalue weighted by Crippen LogP contribution is -2.16. The largest absolute Gasteiger partial charge is 0.457 e. The summed E-state index contributed by atoms with van der Waals surface area (Å²) < 4.78 is 57.4. The van der Waals surface area contributed by atoms with Crippen LogP contribution in [0.5, 0.6) is 11.5 Å². The van der Waals surface area contributed by atoms with E-state index in [1.54, 1.807) is 67.6 Å². The molecule has 0 aromatic heterocycles. The second kappa shape index (κ2) is 11.1. The number of hydrogen-bond donors (Lipinski definition) is 0. The molecule has 0 N–H and O–H groups in total. The third-order valence-corrected chi connectivity index (χ3v) is 10.8. The normalized spacial score (nSPS) is 12.9. The van der Waals surface area contributed by atoms with Gasteiger partial charge in [-0.15, -0.1) is 0 Å². The molecule has 0 aliphatic rings. The molecule has 0 saturated carbocycles. The molecule has 0 fully saturated rings. The minimum Gasteiger partial charge on any atom is -0.457 e. The number of rotatable bonds is 9. The lowest BCUT2D eigenvalue weighted by atomic mass is 10.0. The van der Waals surface area contributed by atoms with E-state index < -0.39 is 24.9 Å². The van der Waals surface area contributed by atoms with Gasteiger partial charge in [0, 0.05) is 0 Å². The van der Waals surface area contributed by atoms with Crippen LogP contribution in [-0.4, -0.2) is 22.1 Å². The Morgan fingerprint density at radius 3 is 1.39 bits per heavy atom. The average molecular weight is 549 g/mol. The van der Waals surface area contributed by atoms with Gasteiger partial charge < -0.3 is 4.74 Å². The van der Waals surface area contributed by atoms with Crippen molar-refractivity contribution >= 4 is 19.7 Å². The first-order valence-corrected chi connectivity index (χ1v) is 15.6. The Morgan fingerprint density at radius 2 is 0.974 bits per heavy atom. The summed E-state index contributed by atoms with van der Waals surface area (Å²) in [4.78, 5) is 0.636. The minimum absolute atomic E-state index is 0.173. The number of sulfone groups is 2. The highest BCUT2D eigenvalue weighted by Crippen LogP contribution is 2.29. The Hall–Kier alpha value is -3.42. The van der Waals surface area contributed by atoms with Gasteiger partial charge in [0.25, 0.3) is 0 Å². The van der Waals surface area contributed by atoms with Crippen LogP contribution in [0.2, 0.25) is 0 Å². The predicted octanol–water partition coefficient (Wildman–Crippen LogP) is 7.67. The van der Waals surface area contributed by atoms with Crippen molar-refractivity contribution in [2.24, 2.45) is 0 Å². The summed E-state index contributed by atoms with van der Waals surface area (Å²) in [6, 6.07) is 27.5. The van der Waals surface area contributed by atoms with Crippen LogP contribution in [0.1, 0.15) is 45.6 Å². The molecule has 0 spiro atoms. The summed E-state index contributed by atoms with van der Waals surface area (Å²) in [5, 5.41) is -0.449. The molecule has 0 aliphatic heterocycles. The van der Waals surface area contributed by atoms with E-state index in [-0.39, 0.29) is 14.7 Å². The van der Waals surface area contributed by atoms with E-state index in [1.165, 1.54) is 17.7 Å². The minimum atomic E-state index is -3.72. The van der Waals surface area contributed by atoms with E-state index >= 15 is 0 Å². The summed E-state index contributed by atoms with van der Waals surface area (Å²) in [7, 11) is -7.08. The van der Waals surface area contributed by atoms with Gasteiger partial charge in [-0.2, -0.15) is 0 Å². The monoisotopic (exact) mass is 548 g/mol. The second-order valence-electron chi connectivity index (χ2n) is 9.61. The maximum absolute atomic E-state index is 13.2. The summed E-state index contributed by atoms with van der Waals surface area (Å²) in [5.74, 6) is 1.67. The van der Waals surface area contributed by atoms with Gasteiger partial charge in [-0.3, -0.25) is 0 Å². The molecule has 4 rings (SSSR count). The highest BCUT2D eigenvalue weighted by atomic mass is 32.2. The zero-order valence-corrected chi connectivity index (χ0v) is 23.6. The van der Waals surface area contributed by atoms with Gasteiger partial charge in [-0.25, -0.2) is 16.8 Å². The van der Waals surface area contributed by atoms with Crippen molar-refractivity contribution < 1.29 is 21.6 Å². The van der Waals surface area contributed by atoms with Crippen molar-refractivity contribution in [1.29, 1.82) is 0 Å². The lowest BCUT2D eigenvalue weighted by Gasteiger charge is -2.11. The Bertz CT molecular complexity index is 1590. The average Bonchev–Trinajstić information content (AvgIpc) is 2.93. The van der Waals surface area contributed by atoms with Crippen molar-refractivity contribution in [3.8, 4) is 22.6 Å². The molecule has 5 nitrogen and oxygen atoms in total. The van der Waals surface area contributed by atoms with Gasteiger partial charge in [0.1, 0.15) is 11.5 Å². The molecule has 0 heterocycles. The summed E-state index contributed by atoms with van der Waals surface area (Å²) >= 11 is 0. The molecule has 38 heavy (non-hydrogen) atoms. The Morgan fingerprint density at radius 1 is 0.579 bits per heavy atom. The van der Waals surface area contributed by atoms with E-state index in [4.69, 9.17) is 4.74 Å². The molecule has 1 atom stereocenters. The fourth-order valence-electron chi connectivity index (χ4n) is 4.00. The smallest absolute Gasteiger partial charge is 0.206 e. The molecular formula is C31H32O5S2. The molecule has 0 saturated heterocycles. The van der Waals surface area contributed by atoms with Crippen LogP contribution in [0, 0.1) is 0 Å². The zero-order chi connectivity index (χ0) is 27.5. The first-order valence-electron chi connectivity index (χ1n) is 12.6. The lowest BCUT2D eigenvalue weighted by molar-refractivity contribution is 0.482. The second-order valence-corrected chi connectivity index (χ2v) is 13.9. The molecule has 4 aromatic rings. The molecule has 0 amide bonds. The van der Waals surface area contributed by atoms with Gasteiger partial charge >= 0.3 is 0 Å². The summed E-state index contributed by atoms with van der Waals surface area (Å²) in [6.07, 6.45) is 0.544. The van der Waals surface area contributed by atoms with Crippen LogP contribution in [0.25, 0.3) is 11.1 Å².